The second kappa shape index (κ2) is 6.51. The van der Waals surface area contributed by atoms with Crippen molar-refractivity contribution < 1.29 is 22.7 Å². The Morgan fingerprint density at radius 1 is 1.09 bits per heavy atom. The molecule has 0 fully saturated rings. The number of carbonyl (C=O) groups excluding carboxylic acids is 1. The zero-order valence-electron chi connectivity index (χ0n) is 12.0. The predicted molar refractivity (Wildman–Crippen MR) is 75.2 cm³/mol. The lowest BCUT2D eigenvalue weighted by Gasteiger charge is -2.16. The summed E-state index contributed by atoms with van der Waals surface area (Å²) in [6.07, 6.45) is 0. The molecule has 3 nitrogen and oxygen atoms in total. The number of methoxy groups -OCH3 is 1. The molecule has 6 heteroatoms. The highest BCUT2D eigenvalue weighted by Gasteiger charge is 2.17. The Balaban J connectivity index is 2.21. The van der Waals surface area contributed by atoms with Crippen LogP contribution in [-0.4, -0.2) is 13.0 Å². The van der Waals surface area contributed by atoms with Crippen molar-refractivity contribution in [3.05, 3.63) is 65.0 Å². The van der Waals surface area contributed by atoms with Gasteiger partial charge in [-0.3, -0.25) is 4.79 Å². The summed E-state index contributed by atoms with van der Waals surface area (Å²) in [6.45, 7) is 1.61. The van der Waals surface area contributed by atoms with Crippen LogP contribution in [0.15, 0.2) is 36.4 Å². The van der Waals surface area contributed by atoms with E-state index in [2.05, 4.69) is 5.32 Å². The quantitative estimate of drug-likeness (QED) is 0.937. The molecule has 0 heterocycles. The van der Waals surface area contributed by atoms with Crippen molar-refractivity contribution in [3.63, 3.8) is 0 Å². The van der Waals surface area contributed by atoms with E-state index in [1.165, 1.54) is 25.3 Å². The molecular formula is C16H14F3NO2. The van der Waals surface area contributed by atoms with Gasteiger partial charge < -0.3 is 10.1 Å². The Morgan fingerprint density at radius 3 is 2.45 bits per heavy atom. The van der Waals surface area contributed by atoms with E-state index in [4.69, 9.17) is 4.74 Å². The van der Waals surface area contributed by atoms with Gasteiger partial charge in [-0.2, -0.15) is 0 Å². The van der Waals surface area contributed by atoms with Gasteiger partial charge in [0.05, 0.1) is 18.7 Å². The first-order valence-corrected chi connectivity index (χ1v) is 6.51. The van der Waals surface area contributed by atoms with Gasteiger partial charge in [-0.15, -0.1) is 0 Å². The van der Waals surface area contributed by atoms with Crippen molar-refractivity contribution in [3.8, 4) is 5.75 Å². The first-order valence-electron chi connectivity index (χ1n) is 6.51. The number of amides is 1. The molecular weight excluding hydrogens is 295 g/mol. The Hall–Kier alpha value is -2.50. The summed E-state index contributed by atoms with van der Waals surface area (Å²) in [5.74, 6) is -2.90. The first-order chi connectivity index (χ1) is 10.4. The Kier molecular flexibility index (Phi) is 4.70. The largest absolute Gasteiger partial charge is 0.496 e. The number of benzene rings is 2. The second-order valence-electron chi connectivity index (χ2n) is 4.71. The molecule has 1 N–H and O–H groups in total. The molecule has 2 rings (SSSR count). The van der Waals surface area contributed by atoms with Crippen LogP contribution in [0.5, 0.6) is 5.75 Å². The van der Waals surface area contributed by atoms with Crippen LogP contribution in [-0.2, 0) is 0 Å². The second-order valence-corrected chi connectivity index (χ2v) is 4.71. The number of hydrogen-bond donors (Lipinski definition) is 1. The molecule has 1 unspecified atom stereocenters. The highest BCUT2D eigenvalue weighted by Crippen LogP contribution is 2.21. The van der Waals surface area contributed by atoms with Gasteiger partial charge in [0.2, 0.25) is 0 Å². The van der Waals surface area contributed by atoms with Crippen LogP contribution < -0.4 is 10.1 Å². The van der Waals surface area contributed by atoms with E-state index < -0.39 is 29.4 Å². The molecule has 0 saturated carbocycles. The average Bonchev–Trinajstić information content (AvgIpc) is 2.49. The molecule has 116 valence electrons. The molecule has 2 aromatic rings. The van der Waals surface area contributed by atoms with Gasteiger partial charge in [0.25, 0.3) is 5.91 Å². The first kappa shape index (κ1) is 15.9. The highest BCUT2D eigenvalue weighted by atomic mass is 19.2. The molecule has 0 aliphatic heterocycles. The maximum Gasteiger partial charge on any atom is 0.255 e. The maximum absolute atomic E-state index is 13.3. The van der Waals surface area contributed by atoms with Crippen molar-refractivity contribution in [2.75, 3.05) is 7.11 Å². The minimum Gasteiger partial charge on any atom is -0.496 e. The van der Waals surface area contributed by atoms with Crippen molar-refractivity contribution in [2.45, 2.75) is 13.0 Å². The fraction of sp³-hybridized carbons (Fsp3) is 0.188. The summed E-state index contributed by atoms with van der Waals surface area (Å²) in [5.41, 5.74) is 0.416. The summed E-state index contributed by atoms with van der Waals surface area (Å²) in [6, 6.07) is 6.33. The summed E-state index contributed by atoms with van der Waals surface area (Å²) in [5, 5.41) is 2.59. The van der Waals surface area contributed by atoms with Crippen molar-refractivity contribution >= 4 is 5.91 Å². The van der Waals surface area contributed by atoms with Gasteiger partial charge in [0.15, 0.2) is 11.6 Å². The molecule has 0 bridgehead atoms. The Bertz CT molecular complexity index is 704. The number of rotatable bonds is 4. The number of nitrogens with one attached hydrogen (secondary N) is 1. The smallest absolute Gasteiger partial charge is 0.255 e. The molecule has 0 saturated heterocycles. The number of carbonyl (C=O) groups is 1. The Morgan fingerprint density at radius 2 is 1.82 bits per heavy atom. The lowest BCUT2D eigenvalue weighted by Crippen LogP contribution is -2.27. The van der Waals surface area contributed by atoms with E-state index in [-0.39, 0.29) is 11.3 Å². The molecule has 1 amide bonds. The molecule has 0 aliphatic carbocycles. The van der Waals surface area contributed by atoms with Crippen LogP contribution >= 0.6 is 0 Å². The predicted octanol–water partition coefficient (Wildman–Crippen LogP) is 3.60. The van der Waals surface area contributed by atoms with Crippen LogP contribution in [0, 0.1) is 17.5 Å². The Labute approximate surface area is 125 Å². The van der Waals surface area contributed by atoms with Crippen LogP contribution in [0.2, 0.25) is 0 Å². The van der Waals surface area contributed by atoms with E-state index in [0.29, 0.717) is 5.56 Å². The van der Waals surface area contributed by atoms with Gasteiger partial charge in [-0.1, -0.05) is 6.07 Å². The highest BCUT2D eigenvalue weighted by molar-refractivity contribution is 5.97. The molecule has 2 aromatic carbocycles. The lowest BCUT2D eigenvalue weighted by atomic mass is 10.1. The van der Waals surface area contributed by atoms with Gasteiger partial charge in [0, 0.05) is 0 Å². The standard InChI is InChI=1S/C16H14F3NO2/c1-9(10-3-5-13(18)14(19)7-10)20-16(21)12-8-11(17)4-6-15(12)22-2/h3-9H,1-2H3,(H,20,21). The monoisotopic (exact) mass is 309 g/mol. The zero-order valence-corrected chi connectivity index (χ0v) is 12.0. The SMILES string of the molecule is COc1ccc(F)cc1C(=O)NC(C)c1ccc(F)c(F)c1. The maximum atomic E-state index is 13.3. The third-order valence-electron chi connectivity index (χ3n) is 3.20. The van der Waals surface area contributed by atoms with Gasteiger partial charge in [0.1, 0.15) is 11.6 Å². The summed E-state index contributed by atoms with van der Waals surface area (Å²) < 4.78 is 44.4. The summed E-state index contributed by atoms with van der Waals surface area (Å²) in [4.78, 5) is 12.2. The van der Waals surface area contributed by atoms with E-state index in [1.807, 2.05) is 0 Å². The molecule has 0 spiro atoms. The van der Waals surface area contributed by atoms with E-state index in [0.717, 1.165) is 18.2 Å². The van der Waals surface area contributed by atoms with Crippen LogP contribution in [0.3, 0.4) is 0 Å². The van der Waals surface area contributed by atoms with Crippen molar-refractivity contribution in [1.82, 2.24) is 5.32 Å². The van der Waals surface area contributed by atoms with E-state index in [1.54, 1.807) is 6.92 Å². The normalized spacial score (nSPS) is 11.9. The van der Waals surface area contributed by atoms with Crippen LogP contribution in [0.4, 0.5) is 13.2 Å². The molecule has 0 radical (unpaired) electrons. The average molecular weight is 309 g/mol. The van der Waals surface area contributed by atoms with Gasteiger partial charge >= 0.3 is 0 Å². The molecule has 0 aromatic heterocycles. The molecule has 1 atom stereocenters. The lowest BCUT2D eigenvalue weighted by molar-refractivity contribution is 0.0936. The minimum atomic E-state index is -0.998. The van der Waals surface area contributed by atoms with Crippen LogP contribution in [0.25, 0.3) is 0 Å². The summed E-state index contributed by atoms with van der Waals surface area (Å²) >= 11 is 0. The third kappa shape index (κ3) is 3.39. The summed E-state index contributed by atoms with van der Waals surface area (Å²) in [7, 11) is 1.36. The van der Waals surface area contributed by atoms with Gasteiger partial charge in [-0.05, 0) is 42.8 Å². The fourth-order valence-corrected chi connectivity index (χ4v) is 2.00. The van der Waals surface area contributed by atoms with E-state index in [9.17, 15) is 18.0 Å². The number of hydrogen-bond acceptors (Lipinski definition) is 2. The molecule has 0 aliphatic rings. The fourth-order valence-electron chi connectivity index (χ4n) is 2.00. The van der Waals surface area contributed by atoms with Crippen molar-refractivity contribution in [2.24, 2.45) is 0 Å². The number of halogens is 3. The van der Waals surface area contributed by atoms with Gasteiger partial charge in [-0.25, -0.2) is 13.2 Å². The van der Waals surface area contributed by atoms with Crippen LogP contribution in [0.1, 0.15) is 28.9 Å². The zero-order chi connectivity index (χ0) is 16.3. The third-order valence-corrected chi connectivity index (χ3v) is 3.20. The van der Waals surface area contributed by atoms with Crippen molar-refractivity contribution in [1.29, 1.82) is 0 Å². The minimum absolute atomic E-state index is 0.0249. The number of ether oxygens (including phenoxy) is 1. The topological polar surface area (TPSA) is 38.3 Å². The molecule has 22 heavy (non-hydrogen) atoms. The van der Waals surface area contributed by atoms with E-state index >= 15 is 0 Å².